The summed E-state index contributed by atoms with van der Waals surface area (Å²) in [6, 6.07) is 9.05. The van der Waals surface area contributed by atoms with E-state index in [1.165, 1.54) is 18.3 Å². The lowest BCUT2D eigenvalue weighted by molar-refractivity contribution is -0.153. The molecule has 0 unspecified atom stereocenters. The summed E-state index contributed by atoms with van der Waals surface area (Å²) in [4.78, 5) is 30.3. The number of hydrogen-bond donors (Lipinski definition) is 2. The van der Waals surface area contributed by atoms with Gasteiger partial charge in [-0.15, -0.1) is 0 Å². The summed E-state index contributed by atoms with van der Waals surface area (Å²) in [5.74, 6) is -1.24. The molecule has 2 N–H and O–H groups in total. The summed E-state index contributed by atoms with van der Waals surface area (Å²) in [5, 5.41) is 9.44. The second-order valence-electron chi connectivity index (χ2n) is 9.36. The molecule has 0 fully saturated rings. The van der Waals surface area contributed by atoms with Gasteiger partial charge in [-0.2, -0.15) is 31.4 Å². The molecule has 0 bridgehead atoms. The zero-order chi connectivity index (χ0) is 29.1. The summed E-state index contributed by atoms with van der Waals surface area (Å²) in [6.07, 6.45) is -7.64. The standard InChI is InChI=1S/C26H25F6N5O3/c1-15-5-8-20(34-13-15)37-22(24(39)33-10-9-25(27,28)29)21-19(36-37)12-17(35-23(21)38)7-6-16-3-2-4-18(11-16)40-14-26(30,31)32/h2-5,8,11,13,17H,6-7,9-10,12,14H2,1H3,(H,33,39)(H,35,38)/t17-/m0/s1. The lowest BCUT2D eigenvalue weighted by Gasteiger charge is -2.23. The van der Waals surface area contributed by atoms with E-state index in [4.69, 9.17) is 4.74 Å². The third kappa shape index (κ3) is 7.51. The number of nitrogens with zero attached hydrogens (tertiary/aromatic N) is 3. The topological polar surface area (TPSA) is 98.1 Å². The first-order chi connectivity index (χ1) is 18.8. The van der Waals surface area contributed by atoms with E-state index in [0.717, 1.165) is 10.2 Å². The Bertz CT molecular complexity index is 1370. The van der Waals surface area contributed by atoms with Crippen LogP contribution in [0.3, 0.4) is 0 Å². The molecule has 3 heterocycles. The molecule has 8 nitrogen and oxygen atoms in total. The Morgan fingerprint density at radius 2 is 1.93 bits per heavy atom. The lowest BCUT2D eigenvalue weighted by atomic mass is 9.95. The number of fused-ring (bicyclic) bond motifs is 1. The van der Waals surface area contributed by atoms with Gasteiger partial charge in [-0.25, -0.2) is 9.67 Å². The molecule has 40 heavy (non-hydrogen) atoms. The van der Waals surface area contributed by atoms with Crippen molar-refractivity contribution < 1.29 is 40.7 Å². The van der Waals surface area contributed by atoms with Crippen LogP contribution in [0.15, 0.2) is 42.6 Å². The summed E-state index contributed by atoms with van der Waals surface area (Å²) in [5.41, 5.74) is 1.52. The lowest BCUT2D eigenvalue weighted by Crippen LogP contribution is -2.42. The molecule has 2 amide bonds. The fraction of sp³-hybridized carbons (Fsp3) is 0.385. The molecule has 214 valence electrons. The van der Waals surface area contributed by atoms with Gasteiger partial charge >= 0.3 is 12.4 Å². The number of amides is 2. The molecule has 1 atom stereocenters. The van der Waals surface area contributed by atoms with Crippen molar-refractivity contribution in [2.45, 2.75) is 51.0 Å². The van der Waals surface area contributed by atoms with E-state index in [0.29, 0.717) is 18.4 Å². The van der Waals surface area contributed by atoms with E-state index in [1.54, 1.807) is 31.2 Å². The number of halogens is 6. The molecule has 2 aromatic heterocycles. The molecule has 3 aromatic rings. The predicted molar refractivity (Wildman–Crippen MR) is 130 cm³/mol. The number of alkyl halides is 6. The van der Waals surface area contributed by atoms with Crippen LogP contribution < -0.4 is 15.4 Å². The van der Waals surface area contributed by atoms with E-state index in [2.05, 4.69) is 20.7 Å². The number of rotatable bonds is 9. The number of carbonyl (C=O) groups excluding carboxylic acids is 2. The van der Waals surface area contributed by atoms with Gasteiger partial charge in [-0.3, -0.25) is 9.59 Å². The smallest absolute Gasteiger partial charge is 0.422 e. The number of benzene rings is 1. The first kappa shape index (κ1) is 28.9. The maximum Gasteiger partial charge on any atom is 0.422 e. The van der Waals surface area contributed by atoms with Gasteiger partial charge in [0.1, 0.15) is 11.4 Å². The van der Waals surface area contributed by atoms with Gasteiger partial charge in [-0.1, -0.05) is 18.2 Å². The van der Waals surface area contributed by atoms with E-state index < -0.39 is 49.8 Å². The molecule has 1 aliphatic rings. The molecule has 0 aliphatic carbocycles. The zero-order valence-electron chi connectivity index (χ0n) is 21.2. The highest BCUT2D eigenvalue weighted by Crippen LogP contribution is 2.26. The molecule has 4 rings (SSSR count). The molecular weight excluding hydrogens is 544 g/mol. The van der Waals surface area contributed by atoms with Crippen LogP contribution in [-0.4, -0.2) is 58.1 Å². The molecule has 1 aliphatic heterocycles. The highest BCUT2D eigenvalue weighted by molar-refractivity contribution is 6.08. The fourth-order valence-corrected chi connectivity index (χ4v) is 4.22. The Morgan fingerprint density at radius 1 is 1.15 bits per heavy atom. The minimum absolute atomic E-state index is 0.0503. The van der Waals surface area contributed by atoms with Gasteiger partial charge in [0.2, 0.25) is 0 Å². The van der Waals surface area contributed by atoms with E-state index in [-0.39, 0.29) is 34.9 Å². The monoisotopic (exact) mass is 569 g/mol. The second-order valence-corrected chi connectivity index (χ2v) is 9.36. The molecule has 0 saturated heterocycles. The van der Waals surface area contributed by atoms with Gasteiger partial charge in [0.05, 0.1) is 17.7 Å². The van der Waals surface area contributed by atoms with Gasteiger partial charge < -0.3 is 15.4 Å². The summed E-state index contributed by atoms with van der Waals surface area (Å²) in [6.45, 7) is -0.298. The third-order valence-corrected chi connectivity index (χ3v) is 6.06. The van der Waals surface area contributed by atoms with Crippen LogP contribution in [0.25, 0.3) is 5.82 Å². The van der Waals surface area contributed by atoms with Gasteiger partial charge in [0.15, 0.2) is 12.4 Å². The van der Waals surface area contributed by atoms with Crippen molar-refractivity contribution in [2.75, 3.05) is 13.2 Å². The van der Waals surface area contributed by atoms with E-state index in [1.807, 2.05) is 0 Å². The Kier molecular flexibility index (Phi) is 8.35. The van der Waals surface area contributed by atoms with E-state index in [9.17, 15) is 35.9 Å². The van der Waals surface area contributed by atoms with Crippen molar-refractivity contribution >= 4 is 11.8 Å². The minimum Gasteiger partial charge on any atom is -0.484 e. The number of ether oxygens (including phenoxy) is 1. The molecule has 0 spiro atoms. The van der Waals surface area contributed by atoms with Crippen LogP contribution in [0.1, 0.15) is 50.5 Å². The number of aromatic nitrogens is 3. The van der Waals surface area contributed by atoms with Crippen molar-refractivity contribution in [3.8, 4) is 11.6 Å². The Hall–Kier alpha value is -4.10. The van der Waals surface area contributed by atoms with Crippen LogP contribution in [0, 0.1) is 6.92 Å². The minimum atomic E-state index is -4.47. The first-order valence-electron chi connectivity index (χ1n) is 12.3. The van der Waals surface area contributed by atoms with Gasteiger partial charge in [0, 0.05) is 25.2 Å². The highest BCUT2D eigenvalue weighted by atomic mass is 19.4. The average molecular weight is 570 g/mol. The number of hydrogen-bond acceptors (Lipinski definition) is 5. The van der Waals surface area contributed by atoms with Crippen LogP contribution in [0.5, 0.6) is 5.75 Å². The van der Waals surface area contributed by atoms with E-state index >= 15 is 0 Å². The Balaban J connectivity index is 1.53. The number of aryl methyl sites for hydroxylation is 2. The number of nitrogens with one attached hydrogen (secondary N) is 2. The van der Waals surface area contributed by atoms with Crippen molar-refractivity contribution in [3.63, 3.8) is 0 Å². The maximum absolute atomic E-state index is 13.1. The quantitative estimate of drug-likeness (QED) is 0.371. The third-order valence-electron chi connectivity index (χ3n) is 6.06. The van der Waals surface area contributed by atoms with Crippen LogP contribution >= 0.6 is 0 Å². The normalized spacial score (nSPS) is 15.4. The SMILES string of the molecule is Cc1ccc(-n2nc3c(c2C(=O)NCCC(F)(F)F)C(=O)N[C@@H](CCc2cccc(OCC(F)(F)F)c2)C3)nc1. The number of carbonyl (C=O) groups is 2. The largest absolute Gasteiger partial charge is 0.484 e. The zero-order valence-corrected chi connectivity index (χ0v) is 21.2. The molecular formula is C26H25F6N5O3. The van der Waals surface area contributed by atoms with Crippen LogP contribution in [-0.2, 0) is 12.8 Å². The van der Waals surface area contributed by atoms with Crippen LogP contribution in [0.4, 0.5) is 26.3 Å². The highest BCUT2D eigenvalue weighted by Gasteiger charge is 2.35. The van der Waals surface area contributed by atoms with Gasteiger partial charge in [0.25, 0.3) is 11.8 Å². The maximum atomic E-state index is 13.1. The molecule has 1 aromatic carbocycles. The van der Waals surface area contributed by atoms with Crippen molar-refractivity contribution in [1.82, 2.24) is 25.4 Å². The molecule has 14 heteroatoms. The number of pyridine rings is 1. The van der Waals surface area contributed by atoms with Gasteiger partial charge in [-0.05, 0) is 49.1 Å². The first-order valence-corrected chi connectivity index (χ1v) is 12.3. The van der Waals surface area contributed by atoms with Crippen molar-refractivity contribution in [3.05, 3.63) is 70.7 Å². The molecule has 0 saturated carbocycles. The predicted octanol–water partition coefficient (Wildman–Crippen LogP) is 4.49. The summed E-state index contributed by atoms with van der Waals surface area (Å²) >= 11 is 0. The van der Waals surface area contributed by atoms with Crippen LogP contribution in [0.2, 0.25) is 0 Å². The average Bonchev–Trinajstić information content (AvgIpc) is 3.26. The fourth-order valence-electron chi connectivity index (χ4n) is 4.22. The Labute approximate surface area is 224 Å². The second kappa shape index (κ2) is 11.6. The summed E-state index contributed by atoms with van der Waals surface area (Å²) in [7, 11) is 0. The Morgan fingerprint density at radius 3 is 2.60 bits per heavy atom. The summed E-state index contributed by atoms with van der Waals surface area (Å²) < 4.78 is 81.2. The van der Waals surface area contributed by atoms with Crippen molar-refractivity contribution in [1.29, 1.82) is 0 Å². The molecule has 0 radical (unpaired) electrons. The van der Waals surface area contributed by atoms with Crippen molar-refractivity contribution in [2.24, 2.45) is 0 Å².